The fourth-order valence-electron chi connectivity index (χ4n) is 5.17. The zero-order chi connectivity index (χ0) is 28.5. The molecule has 3 heterocycles. The number of para-hydroxylation sites is 1. The van der Waals surface area contributed by atoms with E-state index in [2.05, 4.69) is 0 Å². The number of carbonyl (C=O) groups is 1. The standard InChI is InChI=1S/C32H28FN3O4S/c1-20-17-26(21(2)36(20)24-11-12-29-30(18-24)40-16-15-39-29)28(37)19-41-32-34-27-6-4-3-5-25(27)31(38)35(32)14-13-22-7-9-23(33)10-8-22/h3-12,17-18H,13-16,19H2,1-2H3. The summed E-state index contributed by atoms with van der Waals surface area (Å²) in [6.45, 7) is 5.27. The lowest BCUT2D eigenvalue weighted by molar-refractivity contribution is 0.102. The number of carbonyl (C=O) groups excluding carboxylic acids is 1. The molecule has 0 spiro atoms. The Balaban J connectivity index is 1.26. The summed E-state index contributed by atoms with van der Waals surface area (Å²) in [6, 6.07) is 21.1. The Morgan fingerprint density at radius 3 is 2.54 bits per heavy atom. The number of ketones is 1. The minimum Gasteiger partial charge on any atom is -0.486 e. The van der Waals surface area contributed by atoms with Crippen LogP contribution in [0.25, 0.3) is 16.6 Å². The molecule has 1 aliphatic rings. The van der Waals surface area contributed by atoms with E-state index in [1.54, 1.807) is 28.8 Å². The zero-order valence-electron chi connectivity index (χ0n) is 22.7. The van der Waals surface area contributed by atoms with Crippen molar-refractivity contribution in [2.45, 2.75) is 32.0 Å². The van der Waals surface area contributed by atoms with Gasteiger partial charge in [0.05, 0.1) is 16.7 Å². The second-order valence-corrected chi connectivity index (χ2v) is 10.8. The van der Waals surface area contributed by atoms with Gasteiger partial charge in [-0.3, -0.25) is 14.2 Å². The monoisotopic (exact) mass is 569 g/mol. The molecule has 0 N–H and O–H groups in total. The SMILES string of the molecule is Cc1cc(C(=O)CSc2nc3ccccc3c(=O)n2CCc2ccc(F)cc2)c(C)n1-c1ccc2c(c1)OCCO2. The lowest BCUT2D eigenvalue weighted by Gasteiger charge is -2.20. The average Bonchev–Trinajstić information content (AvgIpc) is 3.29. The van der Waals surface area contributed by atoms with E-state index >= 15 is 0 Å². The molecule has 7 nitrogen and oxygen atoms in total. The van der Waals surface area contributed by atoms with Crippen LogP contribution in [0, 0.1) is 19.7 Å². The fourth-order valence-corrected chi connectivity index (χ4v) is 6.08. The Hall–Kier alpha value is -4.37. The molecule has 41 heavy (non-hydrogen) atoms. The number of halogens is 1. The van der Waals surface area contributed by atoms with Crippen molar-refractivity contribution < 1.29 is 18.7 Å². The van der Waals surface area contributed by atoms with E-state index in [9.17, 15) is 14.0 Å². The Labute approximate surface area is 240 Å². The molecule has 9 heteroatoms. The molecule has 0 saturated heterocycles. The zero-order valence-corrected chi connectivity index (χ0v) is 23.5. The summed E-state index contributed by atoms with van der Waals surface area (Å²) < 4.78 is 28.4. The molecular formula is C32H28FN3O4S. The number of nitrogens with zero attached hydrogens (tertiary/aromatic N) is 3. The third-order valence-electron chi connectivity index (χ3n) is 7.21. The number of thioether (sulfide) groups is 1. The van der Waals surface area contributed by atoms with Gasteiger partial charge in [-0.15, -0.1) is 0 Å². The van der Waals surface area contributed by atoms with Gasteiger partial charge >= 0.3 is 0 Å². The van der Waals surface area contributed by atoms with E-state index in [0.717, 1.165) is 22.6 Å². The lowest BCUT2D eigenvalue weighted by atomic mass is 10.1. The molecule has 0 fully saturated rings. The number of hydrogen-bond donors (Lipinski definition) is 0. The van der Waals surface area contributed by atoms with Crippen molar-refractivity contribution in [3.63, 3.8) is 0 Å². The van der Waals surface area contributed by atoms with Crippen molar-refractivity contribution in [3.05, 3.63) is 111 Å². The number of aromatic nitrogens is 3. The summed E-state index contributed by atoms with van der Waals surface area (Å²) in [4.78, 5) is 31.7. The topological polar surface area (TPSA) is 75.4 Å². The molecule has 0 radical (unpaired) electrons. The lowest BCUT2D eigenvalue weighted by Crippen LogP contribution is -2.24. The number of hydrogen-bond acceptors (Lipinski definition) is 6. The summed E-state index contributed by atoms with van der Waals surface area (Å²) in [7, 11) is 0. The first-order valence-corrected chi connectivity index (χ1v) is 14.4. The van der Waals surface area contributed by atoms with Crippen molar-refractivity contribution in [2.75, 3.05) is 19.0 Å². The normalized spacial score (nSPS) is 12.6. The molecule has 0 unspecified atom stereocenters. The molecule has 6 rings (SSSR count). The van der Waals surface area contributed by atoms with Crippen molar-refractivity contribution in [1.29, 1.82) is 0 Å². The summed E-state index contributed by atoms with van der Waals surface area (Å²) in [5.41, 5.74) is 4.59. The van der Waals surface area contributed by atoms with Gasteiger partial charge in [0.25, 0.3) is 5.56 Å². The molecule has 0 aliphatic carbocycles. The summed E-state index contributed by atoms with van der Waals surface area (Å²) in [6.07, 6.45) is 0.526. The number of aryl methyl sites for hydroxylation is 2. The Bertz CT molecular complexity index is 1830. The number of fused-ring (bicyclic) bond motifs is 2. The van der Waals surface area contributed by atoms with Crippen LogP contribution in [0.1, 0.15) is 27.3 Å². The van der Waals surface area contributed by atoms with E-state index in [4.69, 9.17) is 14.5 Å². The first kappa shape index (κ1) is 26.8. The van der Waals surface area contributed by atoms with Gasteiger partial charge in [-0.2, -0.15) is 0 Å². The van der Waals surface area contributed by atoms with E-state index < -0.39 is 0 Å². The molecule has 0 saturated carbocycles. The van der Waals surface area contributed by atoms with Crippen molar-refractivity contribution in [1.82, 2.24) is 14.1 Å². The van der Waals surface area contributed by atoms with Crippen LogP contribution < -0.4 is 15.0 Å². The second kappa shape index (κ2) is 11.2. The van der Waals surface area contributed by atoms with Crippen LogP contribution in [0.4, 0.5) is 4.39 Å². The summed E-state index contributed by atoms with van der Waals surface area (Å²) >= 11 is 1.25. The Morgan fingerprint density at radius 1 is 0.976 bits per heavy atom. The molecular weight excluding hydrogens is 541 g/mol. The third-order valence-corrected chi connectivity index (χ3v) is 8.19. The first-order valence-electron chi connectivity index (χ1n) is 13.4. The number of benzene rings is 3. The molecule has 2 aromatic heterocycles. The van der Waals surface area contributed by atoms with Crippen LogP contribution in [0.15, 0.2) is 82.7 Å². The van der Waals surface area contributed by atoms with Gasteiger partial charge < -0.3 is 14.0 Å². The second-order valence-electron chi connectivity index (χ2n) is 9.90. The van der Waals surface area contributed by atoms with Crippen LogP contribution >= 0.6 is 11.8 Å². The number of Topliss-reactive ketones (excluding diaryl/α,β-unsaturated/α-hetero) is 1. The van der Waals surface area contributed by atoms with Gasteiger partial charge in [0.1, 0.15) is 19.0 Å². The minimum absolute atomic E-state index is 0.0561. The average molecular weight is 570 g/mol. The molecule has 0 amide bonds. The molecule has 0 atom stereocenters. The third kappa shape index (κ3) is 5.37. The minimum atomic E-state index is -0.304. The Kier molecular flexibility index (Phi) is 7.36. The van der Waals surface area contributed by atoms with Crippen LogP contribution in [0.2, 0.25) is 0 Å². The number of ether oxygens (including phenoxy) is 2. The smallest absolute Gasteiger partial charge is 0.262 e. The quantitative estimate of drug-likeness (QED) is 0.131. The Morgan fingerprint density at radius 2 is 1.73 bits per heavy atom. The summed E-state index contributed by atoms with van der Waals surface area (Å²) in [5, 5.41) is 0.995. The summed E-state index contributed by atoms with van der Waals surface area (Å²) in [5.74, 6) is 1.15. The molecule has 1 aliphatic heterocycles. The van der Waals surface area contributed by atoms with E-state index in [-0.39, 0.29) is 22.9 Å². The molecule has 208 valence electrons. The molecule has 3 aromatic carbocycles. The van der Waals surface area contributed by atoms with Gasteiger partial charge in [0.2, 0.25) is 0 Å². The van der Waals surface area contributed by atoms with Crippen molar-refractivity contribution in [3.8, 4) is 17.2 Å². The fraction of sp³-hybridized carbons (Fsp3) is 0.219. The number of rotatable bonds is 8. The highest BCUT2D eigenvalue weighted by Gasteiger charge is 2.20. The van der Waals surface area contributed by atoms with Gasteiger partial charge in [-0.25, -0.2) is 9.37 Å². The van der Waals surface area contributed by atoms with Crippen molar-refractivity contribution in [2.24, 2.45) is 0 Å². The predicted octanol–water partition coefficient (Wildman–Crippen LogP) is 5.93. The highest BCUT2D eigenvalue weighted by atomic mass is 32.2. The largest absolute Gasteiger partial charge is 0.486 e. The molecule has 0 bridgehead atoms. The van der Waals surface area contributed by atoms with Crippen molar-refractivity contribution >= 4 is 28.4 Å². The van der Waals surface area contributed by atoms with Crippen LogP contribution in [0.5, 0.6) is 11.5 Å². The van der Waals surface area contributed by atoms with Gasteiger partial charge in [-0.1, -0.05) is 36.0 Å². The highest BCUT2D eigenvalue weighted by molar-refractivity contribution is 7.99. The van der Waals surface area contributed by atoms with E-state index in [1.807, 2.05) is 54.8 Å². The maximum Gasteiger partial charge on any atom is 0.262 e. The first-order chi connectivity index (χ1) is 19.9. The maximum atomic E-state index is 13.5. The molecule has 5 aromatic rings. The van der Waals surface area contributed by atoms with E-state index in [0.29, 0.717) is 59.3 Å². The maximum absolute atomic E-state index is 13.5. The van der Waals surface area contributed by atoms with Crippen LogP contribution in [-0.2, 0) is 13.0 Å². The van der Waals surface area contributed by atoms with Crippen LogP contribution in [0.3, 0.4) is 0 Å². The van der Waals surface area contributed by atoms with Gasteiger partial charge in [-0.05, 0) is 68.3 Å². The van der Waals surface area contributed by atoms with Gasteiger partial charge in [0, 0.05) is 35.2 Å². The van der Waals surface area contributed by atoms with E-state index in [1.165, 1.54) is 23.9 Å². The predicted molar refractivity (Wildman–Crippen MR) is 157 cm³/mol. The van der Waals surface area contributed by atoms with Gasteiger partial charge in [0.15, 0.2) is 22.4 Å². The highest BCUT2D eigenvalue weighted by Crippen LogP contribution is 2.34. The van der Waals surface area contributed by atoms with Crippen LogP contribution in [-0.4, -0.2) is 38.9 Å².